The predicted octanol–water partition coefficient (Wildman–Crippen LogP) is 3.37. The van der Waals surface area contributed by atoms with Gasteiger partial charge in [0.15, 0.2) is 23.0 Å². The minimum atomic E-state index is -0.655. The third kappa shape index (κ3) is 3.70. The van der Waals surface area contributed by atoms with Gasteiger partial charge in [-0.1, -0.05) is 41.1 Å². The van der Waals surface area contributed by atoms with Gasteiger partial charge in [0.25, 0.3) is 0 Å². The highest BCUT2D eigenvalue weighted by atomic mass is 16.6. The number of nitrogens with zero attached hydrogens (tertiary/aromatic N) is 1. The molecule has 0 fully saturated rings. The zero-order chi connectivity index (χ0) is 17.8. The molecule has 0 amide bonds. The van der Waals surface area contributed by atoms with Crippen molar-refractivity contribution in [3.8, 4) is 22.8 Å². The highest BCUT2D eigenvalue weighted by Gasteiger charge is 2.18. The Morgan fingerprint density at radius 2 is 1.88 bits per heavy atom. The van der Waals surface area contributed by atoms with Crippen LogP contribution in [-0.4, -0.2) is 23.3 Å². The molecular weight excluding hydrogens is 322 g/mol. The summed E-state index contributed by atoms with van der Waals surface area (Å²) in [6, 6.07) is 14.0. The van der Waals surface area contributed by atoms with Gasteiger partial charge in [-0.15, -0.1) is 0 Å². The molecule has 1 heterocycles. The lowest BCUT2D eigenvalue weighted by Gasteiger charge is -2.09. The molecule has 6 nitrogen and oxygen atoms in total. The van der Waals surface area contributed by atoms with E-state index in [-0.39, 0.29) is 18.1 Å². The van der Waals surface area contributed by atoms with Gasteiger partial charge in [0.1, 0.15) is 0 Å². The Kier molecular flexibility index (Phi) is 4.81. The van der Waals surface area contributed by atoms with Crippen LogP contribution in [0.3, 0.4) is 0 Å². The molecule has 0 aliphatic rings. The summed E-state index contributed by atoms with van der Waals surface area (Å²) in [5.74, 6) is 0.415. The van der Waals surface area contributed by atoms with Crippen molar-refractivity contribution in [3.63, 3.8) is 0 Å². The molecule has 0 saturated heterocycles. The summed E-state index contributed by atoms with van der Waals surface area (Å²) in [6.07, 6.45) is 0. The van der Waals surface area contributed by atoms with Gasteiger partial charge in [0.05, 0.1) is 13.7 Å². The minimum absolute atomic E-state index is 0.0591. The van der Waals surface area contributed by atoms with Crippen molar-refractivity contribution in [2.75, 3.05) is 7.11 Å². The molecule has 3 rings (SSSR count). The number of carbonyl (C=O) groups excluding carboxylic acids is 1. The van der Waals surface area contributed by atoms with E-state index in [0.29, 0.717) is 17.1 Å². The predicted molar refractivity (Wildman–Crippen MR) is 90.6 cm³/mol. The number of benzene rings is 2. The Balaban J connectivity index is 1.79. The van der Waals surface area contributed by atoms with Crippen LogP contribution in [0.5, 0.6) is 11.5 Å². The zero-order valence-corrected chi connectivity index (χ0v) is 13.9. The van der Waals surface area contributed by atoms with Gasteiger partial charge < -0.3 is 19.1 Å². The first kappa shape index (κ1) is 16.7. The fraction of sp³-hybridized carbons (Fsp3) is 0.158. The van der Waals surface area contributed by atoms with Gasteiger partial charge in [-0.2, -0.15) is 0 Å². The fourth-order valence-corrected chi connectivity index (χ4v) is 2.27. The lowest BCUT2D eigenvalue weighted by atomic mass is 10.1. The number of esters is 1. The summed E-state index contributed by atoms with van der Waals surface area (Å²) in [6.45, 7) is 1.86. The molecule has 1 N–H and O–H groups in total. The Morgan fingerprint density at radius 1 is 1.12 bits per heavy atom. The van der Waals surface area contributed by atoms with E-state index in [1.807, 2.05) is 31.2 Å². The van der Waals surface area contributed by atoms with Gasteiger partial charge in [-0.25, -0.2) is 4.79 Å². The molecule has 1 aromatic heterocycles. The molecule has 2 aromatic carbocycles. The van der Waals surface area contributed by atoms with E-state index < -0.39 is 5.97 Å². The molecule has 0 unspecified atom stereocenters. The quantitative estimate of drug-likeness (QED) is 0.567. The molecule has 3 aromatic rings. The number of aliphatic hydroxyl groups excluding tert-OH is 1. The maximum absolute atomic E-state index is 12.3. The van der Waals surface area contributed by atoms with Crippen LogP contribution >= 0.6 is 0 Å². The third-order valence-corrected chi connectivity index (χ3v) is 3.67. The Hall–Kier alpha value is -3.12. The normalized spacial score (nSPS) is 10.5. The lowest BCUT2D eigenvalue weighted by Crippen LogP contribution is -2.09. The van der Waals surface area contributed by atoms with Crippen molar-refractivity contribution in [1.29, 1.82) is 0 Å². The molecule has 0 aliphatic carbocycles. The summed E-state index contributed by atoms with van der Waals surface area (Å²) in [5.41, 5.74) is 2.66. The number of aryl methyl sites for hydroxylation is 1. The molecule has 0 bridgehead atoms. The number of carbonyl (C=O) groups is 1. The molecule has 0 atom stereocenters. The molecular formula is C19H17NO5. The number of ether oxygens (including phenoxy) is 2. The third-order valence-electron chi connectivity index (χ3n) is 3.67. The van der Waals surface area contributed by atoms with E-state index in [9.17, 15) is 4.79 Å². The Morgan fingerprint density at radius 3 is 2.56 bits per heavy atom. The maximum Gasteiger partial charge on any atom is 0.366 e. The number of methoxy groups -OCH3 is 1. The van der Waals surface area contributed by atoms with Crippen LogP contribution in [0.2, 0.25) is 0 Å². The van der Waals surface area contributed by atoms with Gasteiger partial charge >= 0.3 is 5.97 Å². The van der Waals surface area contributed by atoms with Crippen LogP contribution in [0.15, 0.2) is 53.1 Å². The monoisotopic (exact) mass is 339 g/mol. The minimum Gasteiger partial charge on any atom is -0.493 e. The van der Waals surface area contributed by atoms with Gasteiger partial charge in [0, 0.05) is 11.6 Å². The van der Waals surface area contributed by atoms with Crippen molar-refractivity contribution in [2.45, 2.75) is 13.5 Å². The van der Waals surface area contributed by atoms with Crippen LogP contribution in [0.1, 0.15) is 21.6 Å². The average Bonchev–Trinajstić information content (AvgIpc) is 3.13. The number of rotatable bonds is 5. The molecule has 0 aliphatic heterocycles. The van der Waals surface area contributed by atoms with Gasteiger partial charge in [-0.3, -0.25) is 0 Å². The highest BCUT2D eigenvalue weighted by molar-refractivity contribution is 5.90. The van der Waals surface area contributed by atoms with Gasteiger partial charge in [-0.05, 0) is 24.6 Å². The van der Waals surface area contributed by atoms with Crippen LogP contribution in [0.4, 0.5) is 0 Å². The second-order valence-electron chi connectivity index (χ2n) is 5.48. The van der Waals surface area contributed by atoms with Crippen LogP contribution < -0.4 is 9.47 Å². The first-order valence-corrected chi connectivity index (χ1v) is 7.64. The van der Waals surface area contributed by atoms with E-state index in [4.69, 9.17) is 19.1 Å². The topological polar surface area (TPSA) is 81.8 Å². The number of hydrogen-bond acceptors (Lipinski definition) is 6. The van der Waals surface area contributed by atoms with E-state index in [1.165, 1.54) is 13.2 Å². The largest absolute Gasteiger partial charge is 0.493 e. The number of aromatic nitrogens is 1. The summed E-state index contributed by atoms with van der Waals surface area (Å²) >= 11 is 0. The smallest absolute Gasteiger partial charge is 0.366 e. The molecule has 128 valence electrons. The first-order valence-electron chi connectivity index (χ1n) is 7.64. The van der Waals surface area contributed by atoms with Crippen LogP contribution in [-0.2, 0) is 6.61 Å². The second-order valence-corrected chi connectivity index (χ2v) is 5.48. The van der Waals surface area contributed by atoms with Crippen molar-refractivity contribution in [1.82, 2.24) is 5.16 Å². The summed E-state index contributed by atoms with van der Waals surface area (Å²) < 4.78 is 15.7. The summed E-state index contributed by atoms with van der Waals surface area (Å²) in [4.78, 5) is 12.3. The highest BCUT2D eigenvalue weighted by Crippen LogP contribution is 2.29. The summed E-state index contributed by atoms with van der Waals surface area (Å²) in [7, 11) is 1.46. The van der Waals surface area contributed by atoms with E-state index in [1.54, 1.807) is 18.2 Å². The standard InChI is InChI=1S/C19H17NO5/c1-12-3-6-14(7-4-12)17-10-15(20-25-17)19(22)24-16-8-5-13(11-21)9-18(16)23-2/h3-10,21H,11H2,1-2H3. The maximum atomic E-state index is 12.3. The lowest BCUT2D eigenvalue weighted by molar-refractivity contribution is 0.0719. The second kappa shape index (κ2) is 7.19. The SMILES string of the molecule is COc1cc(CO)ccc1OC(=O)c1cc(-c2ccc(C)cc2)on1. The average molecular weight is 339 g/mol. The van der Waals surface area contributed by atoms with E-state index in [0.717, 1.165) is 11.1 Å². The van der Waals surface area contributed by atoms with Crippen LogP contribution in [0.25, 0.3) is 11.3 Å². The molecule has 6 heteroatoms. The molecule has 0 saturated carbocycles. The molecule has 0 radical (unpaired) electrons. The fourth-order valence-electron chi connectivity index (χ4n) is 2.27. The zero-order valence-electron chi connectivity index (χ0n) is 13.9. The number of hydrogen-bond donors (Lipinski definition) is 1. The van der Waals surface area contributed by atoms with Crippen molar-refractivity contribution in [2.24, 2.45) is 0 Å². The van der Waals surface area contributed by atoms with Crippen molar-refractivity contribution >= 4 is 5.97 Å². The van der Waals surface area contributed by atoms with Crippen molar-refractivity contribution < 1.29 is 23.9 Å². The molecule has 25 heavy (non-hydrogen) atoms. The van der Waals surface area contributed by atoms with Crippen LogP contribution in [0, 0.1) is 6.92 Å². The van der Waals surface area contributed by atoms with E-state index in [2.05, 4.69) is 5.16 Å². The molecule has 0 spiro atoms. The van der Waals surface area contributed by atoms with Gasteiger partial charge in [0.2, 0.25) is 0 Å². The Bertz CT molecular complexity index is 883. The first-order chi connectivity index (χ1) is 12.1. The Labute approximate surface area is 144 Å². The van der Waals surface area contributed by atoms with E-state index >= 15 is 0 Å². The summed E-state index contributed by atoms with van der Waals surface area (Å²) in [5, 5.41) is 12.9. The van der Waals surface area contributed by atoms with Crippen molar-refractivity contribution in [3.05, 3.63) is 65.4 Å². The number of aliphatic hydroxyl groups is 1.